The highest BCUT2D eigenvalue weighted by molar-refractivity contribution is 9.10. The van der Waals surface area contributed by atoms with Crippen molar-refractivity contribution in [3.8, 4) is 11.5 Å². The van der Waals surface area contributed by atoms with Crippen LogP contribution in [-0.4, -0.2) is 15.1 Å². The van der Waals surface area contributed by atoms with Crippen molar-refractivity contribution in [2.24, 2.45) is 0 Å². The van der Waals surface area contributed by atoms with Crippen LogP contribution in [0.25, 0.3) is 11.5 Å². The highest BCUT2D eigenvalue weighted by Crippen LogP contribution is 2.32. The van der Waals surface area contributed by atoms with Crippen LogP contribution >= 0.6 is 15.9 Å². The van der Waals surface area contributed by atoms with Crippen LogP contribution in [0.4, 0.5) is 0 Å². The number of benzene rings is 4. The zero-order chi connectivity index (χ0) is 23.2. The number of hydrogen-bond acceptors (Lipinski definition) is 4. The van der Waals surface area contributed by atoms with Crippen molar-refractivity contribution in [3.63, 3.8) is 0 Å². The molecule has 0 saturated heterocycles. The van der Waals surface area contributed by atoms with Crippen LogP contribution in [0, 0.1) is 0 Å². The molecule has 0 radical (unpaired) electrons. The van der Waals surface area contributed by atoms with Gasteiger partial charge in [0.15, 0.2) is 0 Å². The molecule has 0 aliphatic heterocycles. The molecular weight excluding hydrogens is 486 g/mol. The summed E-state index contributed by atoms with van der Waals surface area (Å²) in [5, 5.41) is 8.93. The average molecular weight is 510 g/mol. The number of halogens is 1. The molecule has 0 fully saturated rings. The molecule has 34 heavy (non-hydrogen) atoms. The predicted octanol–water partition coefficient (Wildman–Crippen LogP) is 7.29. The van der Waals surface area contributed by atoms with Crippen LogP contribution in [0.5, 0.6) is 0 Å². The first-order valence-electron chi connectivity index (χ1n) is 11.2. The topological polar surface area (TPSA) is 42.2 Å². The summed E-state index contributed by atoms with van der Waals surface area (Å²) < 4.78 is 7.31. The van der Waals surface area contributed by atoms with Gasteiger partial charge in [-0.3, -0.25) is 4.90 Å². The summed E-state index contributed by atoms with van der Waals surface area (Å²) in [5.74, 6) is 1.10. The molecule has 1 heterocycles. The van der Waals surface area contributed by atoms with Gasteiger partial charge in [0.25, 0.3) is 0 Å². The predicted molar refractivity (Wildman–Crippen MR) is 138 cm³/mol. The van der Waals surface area contributed by atoms with Crippen molar-refractivity contribution in [3.05, 3.63) is 142 Å². The molecule has 0 saturated carbocycles. The first kappa shape index (κ1) is 22.3. The largest absolute Gasteiger partial charge is 0.419 e. The minimum absolute atomic E-state index is 0.196. The second-order valence-corrected chi connectivity index (χ2v) is 9.06. The Morgan fingerprint density at radius 2 is 1.18 bits per heavy atom. The van der Waals surface area contributed by atoms with Crippen LogP contribution in [0.1, 0.15) is 28.6 Å². The minimum Gasteiger partial charge on any atom is -0.419 e. The third-order valence-electron chi connectivity index (χ3n) is 5.70. The van der Waals surface area contributed by atoms with E-state index in [1.165, 1.54) is 11.1 Å². The Kier molecular flexibility index (Phi) is 6.94. The zero-order valence-electron chi connectivity index (χ0n) is 18.6. The van der Waals surface area contributed by atoms with Gasteiger partial charge in [0.2, 0.25) is 11.8 Å². The lowest BCUT2D eigenvalue weighted by molar-refractivity contribution is 0.181. The molecule has 0 N–H and O–H groups in total. The molecule has 5 heteroatoms. The maximum atomic E-state index is 6.30. The average Bonchev–Trinajstić information content (AvgIpc) is 3.36. The molecule has 1 unspecified atom stereocenters. The highest BCUT2D eigenvalue weighted by atomic mass is 79.9. The first-order chi connectivity index (χ1) is 16.8. The fourth-order valence-electron chi connectivity index (χ4n) is 4.07. The Labute approximate surface area is 208 Å². The van der Waals surface area contributed by atoms with Gasteiger partial charge in [0, 0.05) is 23.1 Å². The molecule has 1 atom stereocenters. The summed E-state index contributed by atoms with van der Waals surface area (Å²) >= 11 is 3.49. The lowest BCUT2D eigenvalue weighted by Crippen LogP contribution is -2.29. The SMILES string of the molecule is Brc1ccc(-c2nnc(C(c3ccccc3)N(Cc3ccccc3)Cc3ccccc3)o2)cc1. The summed E-state index contributed by atoms with van der Waals surface area (Å²) in [6.07, 6.45) is 0. The molecule has 0 spiro atoms. The van der Waals surface area contributed by atoms with Gasteiger partial charge < -0.3 is 4.42 Å². The van der Waals surface area contributed by atoms with Crippen molar-refractivity contribution in [1.29, 1.82) is 0 Å². The van der Waals surface area contributed by atoms with Gasteiger partial charge in [-0.2, -0.15) is 0 Å². The Morgan fingerprint density at radius 3 is 1.74 bits per heavy atom. The second kappa shape index (κ2) is 10.6. The zero-order valence-corrected chi connectivity index (χ0v) is 20.2. The van der Waals surface area contributed by atoms with E-state index in [1.807, 2.05) is 42.5 Å². The van der Waals surface area contributed by atoms with Crippen LogP contribution in [0.15, 0.2) is 124 Å². The normalized spacial score (nSPS) is 12.1. The van der Waals surface area contributed by atoms with Gasteiger partial charge in [0.05, 0.1) is 0 Å². The van der Waals surface area contributed by atoms with Gasteiger partial charge in [-0.05, 0) is 41.0 Å². The van der Waals surface area contributed by atoms with Crippen molar-refractivity contribution < 1.29 is 4.42 Å². The van der Waals surface area contributed by atoms with Gasteiger partial charge in [-0.15, -0.1) is 10.2 Å². The smallest absolute Gasteiger partial charge is 0.247 e. The van der Waals surface area contributed by atoms with E-state index in [0.29, 0.717) is 11.8 Å². The maximum Gasteiger partial charge on any atom is 0.247 e. The third-order valence-corrected chi connectivity index (χ3v) is 6.23. The van der Waals surface area contributed by atoms with Crippen LogP contribution < -0.4 is 0 Å². The summed E-state index contributed by atoms with van der Waals surface area (Å²) in [7, 11) is 0. The van der Waals surface area contributed by atoms with E-state index < -0.39 is 0 Å². The van der Waals surface area contributed by atoms with Gasteiger partial charge in [-0.1, -0.05) is 107 Å². The Bertz CT molecular complexity index is 1260. The first-order valence-corrected chi connectivity index (χ1v) is 12.0. The molecule has 0 aliphatic rings. The Morgan fingerprint density at radius 1 is 0.647 bits per heavy atom. The maximum absolute atomic E-state index is 6.30. The second-order valence-electron chi connectivity index (χ2n) is 8.14. The van der Waals surface area contributed by atoms with Crippen LogP contribution in [0.3, 0.4) is 0 Å². The summed E-state index contributed by atoms with van der Waals surface area (Å²) in [6, 6.07) is 39.1. The molecule has 0 bridgehead atoms. The van der Waals surface area contributed by atoms with E-state index in [-0.39, 0.29) is 6.04 Å². The number of aromatic nitrogens is 2. The van der Waals surface area contributed by atoms with Crippen LogP contribution in [-0.2, 0) is 13.1 Å². The standard InChI is InChI=1S/C29H24BrN3O/c30-26-18-16-25(17-19-26)28-31-32-29(34-28)27(24-14-8-3-9-15-24)33(20-22-10-4-1-5-11-22)21-23-12-6-2-7-13-23/h1-19,27H,20-21H2. The van der Waals surface area contributed by atoms with E-state index in [2.05, 4.69) is 104 Å². The highest BCUT2D eigenvalue weighted by Gasteiger charge is 2.28. The third kappa shape index (κ3) is 5.33. The molecule has 4 nitrogen and oxygen atoms in total. The quantitative estimate of drug-likeness (QED) is 0.220. The fourth-order valence-corrected chi connectivity index (χ4v) is 4.34. The minimum atomic E-state index is -0.196. The van der Waals surface area contributed by atoms with Crippen molar-refractivity contribution in [2.45, 2.75) is 19.1 Å². The van der Waals surface area contributed by atoms with E-state index in [1.54, 1.807) is 0 Å². The van der Waals surface area contributed by atoms with E-state index in [9.17, 15) is 0 Å². The molecule has 1 aromatic heterocycles. The lowest BCUT2D eigenvalue weighted by atomic mass is 10.0. The number of rotatable bonds is 8. The van der Waals surface area contributed by atoms with E-state index in [4.69, 9.17) is 4.42 Å². The Balaban J connectivity index is 1.56. The van der Waals surface area contributed by atoms with Gasteiger partial charge in [0.1, 0.15) is 6.04 Å². The number of nitrogens with zero attached hydrogens (tertiary/aromatic N) is 3. The van der Waals surface area contributed by atoms with Gasteiger partial charge >= 0.3 is 0 Å². The molecule has 168 valence electrons. The lowest BCUT2D eigenvalue weighted by Gasteiger charge is -2.30. The molecule has 4 aromatic carbocycles. The monoisotopic (exact) mass is 509 g/mol. The van der Waals surface area contributed by atoms with Gasteiger partial charge in [-0.25, -0.2) is 0 Å². The van der Waals surface area contributed by atoms with E-state index in [0.717, 1.165) is 28.7 Å². The Hall–Kier alpha value is -3.54. The molecule has 5 aromatic rings. The summed E-state index contributed by atoms with van der Waals surface area (Å²) in [6.45, 7) is 1.48. The van der Waals surface area contributed by atoms with Crippen molar-refractivity contribution >= 4 is 15.9 Å². The fraction of sp³-hybridized carbons (Fsp3) is 0.103. The van der Waals surface area contributed by atoms with Crippen molar-refractivity contribution in [2.75, 3.05) is 0 Å². The van der Waals surface area contributed by atoms with Crippen molar-refractivity contribution in [1.82, 2.24) is 15.1 Å². The van der Waals surface area contributed by atoms with Crippen LogP contribution in [0.2, 0.25) is 0 Å². The molecule has 0 amide bonds. The molecule has 0 aliphatic carbocycles. The van der Waals surface area contributed by atoms with E-state index >= 15 is 0 Å². The summed E-state index contributed by atoms with van der Waals surface area (Å²) in [4.78, 5) is 2.39. The number of hydrogen-bond donors (Lipinski definition) is 0. The molecular formula is C29H24BrN3O. The summed E-state index contributed by atoms with van der Waals surface area (Å²) in [5.41, 5.74) is 4.46. The molecule has 5 rings (SSSR count).